The molecule has 0 radical (unpaired) electrons. The topological polar surface area (TPSA) is 12.9 Å². The standard InChI is InChI=1S/C7H8INS/c1-5(8)7-3-2-6(10)4-9-7/h2-5,10H,1H3. The highest BCUT2D eigenvalue weighted by atomic mass is 127. The molecular formula is C7H8INS. The Kier molecular flexibility index (Phi) is 2.97. The molecule has 0 aliphatic rings. The smallest absolute Gasteiger partial charge is 0.0530 e. The van der Waals surface area contributed by atoms with Crippen LogP contribution in [0.3, 0.4) is 0 Å². The van der Waals surface area contributed by atoms with Crippen molar-refractivity contribution in [3.8, 4) is 0 Å². The predicted molar refractivity (Wildman–Crippen MR) is 53.9 cm³/mol. The minimum absolute atomic E-state index is 0.478. The van der Waals surface area contributed by atoms with Gasteiger partial charge in [-0.05, 0) is 19.1 Å². The van der Waals surface area contributed by atoms with E-state index in [1.165, 1.54) is 0 Å². The Labute approximate surface area is 79.8 Å². The molecule has 3 heteroatoms. The summed E-state index contributed by atoms with van der Waals surface area (Å²) in [6, 6.07) is 3.96. The highest BCUT2D eigenvalue weighted by Gasteiger charge is 1.99. The summed E-state index contributed by atoms with van der Waals surface area (Å²) in [5.41, 5.74) is 1.11. The fourth-order valence-corrected chi connectivity index (χ4v) is 1.13. The van der Waals surface area contributed by atoms with Crippen molar-refractivity contribution >= 4 is 35.2 Å². The lowest BCUT2D eigenvalue weighted by Gasteiger charge is -2.00. The molecule has 0 amide bonds. The van der Waals surface area contributed by atoms with Gasteiger partial charge in [0.2, 0.25) is 0 Å². The summed E-state index contributed by atoms with van der Waals surface area (Å²) in [4.78, 5) is 5.11. The van der Waals surface area contributed by atoms with Crippen LogP contribution in [-0.4, -0.2) is 4.98 Å². The highest BCUT2D eigenvalue weighted by molar-refractivity contribution is 14.1. The second-order valence-electron chi connectivity index (χ2n) is 2.06. The molecule has 0 fully saturated rings. The average molecular weight is 265 g/mol. The predicted octanol–water partition coefficient (Wildman–Crippen LogP) is 2.87. The van der Waals surface area contributed by atoms with Gasteiger partial charge < -0.3 is 0 Å². The van der Waals surface area contributed by atoms with Gasteiger partial charge in [-0.25, -0.2) is 0 Å². The van der Waals surface area contributed by atoms with E-state index in [0.29, 0.717) is 3.92 Å². The highest BCUT2D eigenvalue weighted by Crippen LogP contribution is 2.20. The fourth-order valence-electron chi connectivity index (χ4n) is 0.633. The number of hydrogen-bond donors (Lipinski definition) is 1. The van der Waals surface area contributed by atoms with E-state index in [1.54, 1.807) is 6.20 Å². The van der Waals surface area contributed by atoms with Gasteiger partial charge in [0.05, 0.1) is 9.62 Å². The van der Waals surface area contributed by atoms with Gasteiger partial charge in [0.15, 0.2) is 0 Å². The molecule has 1 unspecified atom stereocenters. The maximum atomic E-state index is 4.19. The van der Waals surface area contributed by atoms with Crippen LogP contribution in [-0.2, 0) is 0 Å². The Hall–Kier alpha value is 0.230. The molecule has 0 aromatic carbocycles. The first-order valence-electron chi connectivity index (χ1n) is 2.99. The Morgan fingerprint density at radius 2 is 2.30 bits per heavy atom. The van der Waals surface area contributed by atoms with Gasteiger partial charge in [-0.2, -0.15) is 0 Å². The molecule has 0 spiro atoms. The Morgan fingerprint density at radius 1 is 1.60 bits per heavy atom. The van der Waals surface area contributed by atoms with Gasteiger partial charge in [0, 0.05) is 11.1 Å². The van der Waals surface area contributed by atoms with E-state index >= 15 is 0 Å². The first-order valence-corrected chi connectivity index (χ1v) is 4.68. The summed E-state index contributed by atoms with van der Waals surface area (Å²) in [6.45, 7) is 2.11. The lowest BCUT2D eigenvalue weighted by Crippen LogP contribution is -1.87. The summed E-state index contributed by atoms with van der Waals surface area (Å²) in [5.74, 6) is 0. The quantitative estimate of drug-likeness (QED) is 0.468. The number of rotatable bonds is 1. The zero-order valence-electron chi connectivity index (χ0n) is 5.58. The summed E-state index contributed by atoms with van der Waals surface area (Å²) in [7, 11) is 0. The van der Waals surface area contributed by atoms with Crippen LogP contribution in [0.1, 0.15) is 16.5 Å². The van der Waals surface area contributed by atoms with Crippen molar-refractivity contribution in [2.45, 2.75) is 15.7 Å². The monoisotopic (exact) mass is 265 g/mol. The Bertz CT molecular complexity index is 207. The van der Waals surface area contributed by atoms with Gasteiger partial charge >= 0.3 is 0 Å². The van der Waals surface area contributed by atoms with Crippen LogP contribution in [0.4, 0.5) is 0 Å². The van der Waals surface area contributed by atoms with E-state index < -0.39 is 0 Å². The first kappa shape index (κ1) is 8.33. The molecule has 1 heterocycles. The first-order chi connectivity index (χ1) is 4.70. The minimum atomic E-state index is 0.478. The van der Waals surface area contributed by atoms with E-state index in [2.05, 4.69) is 47.1 Å². The summed E-state index contributed by atoms with van der Waals surface area (Å²) in [6.07, 6.45) is 1.77. The van der Waals surface area contributed by atoms with E-state index in [9.17, 15) is 0 Å². The Morgan fingerprint density at radius 3 is 2.70 bits per heavy atom. The SMILES string of the molecule is CC(I)c1ccc(S)cn1. The summed E-state index contributed by atoms with van der Waals surface area (Å²) < 4.78 is 0.478. The van der Waals surface area contributed by atoms with E-state index in [-0.39, 0.29) is 0 Å². The van der Waals surface area contributed by atoms with Crippen LogP contribution in [0.15, 0.2) is 23.2 Å². The number of alkyl halides is 1. The third kappa shape index (κ3) is 2.12. The number of thiol groups is 1. The van der Waals surface area contributed by atoms with Gasteiger partial charge in [-0.3, -0.25) is 4.98 Å². The second-order valence-corrected chi connectivity index (χ2v) is 4.44. The molecule has 1 aromatic heterocycles. The van der Waals surface area contributed by atoms with Crippen molar-refractivity contribution in [1.82, 2.24) is 4.98 Å². The number of nitrogens with zero attached hydrogens (tertiary/aromatic N) is 1. The van der Waals surface area contributed by atoms with Crippen molar-refractivity contribution in [1.29, 1.82) is 0 Å². The van der Waals surface area contributed by atoms with Gasteiger partial charge in [-0.15, -0.1) is 12.6 Å². The van der Waals surface area contributed by atoms with Crippen LogP contribution in [0.25, 0.3) is 0 Å². The second kappa shape index (κ2) is 3.57. The number of pyridine rings is 1. The average Bonchev–Trinajstić information content (AvgIpc) is 1.88. The number of aromatic nitrogens is 1. The maximum absolute atomic E-state index is 4.19. The normalized spacial score (nSPS) is 13.1. The van der Waals surface area contributed by atoms with Crippen molar-refractivity contribution in [2.75, 3.05) is 0 Å². The van der Waals surface area contributed by atoms with Crippen LogP contribution in [0, 0.1) is 0 Å². The lowest BCUT2D eigenvalue weighted by atomic mass is 10.3. The molecule has 1 atom stereocenters. The van der Waals surface area contributed by atoms with Gasteiger partial charge in [0.1, 0.15) is 0 Å². The van der Waals surface area contributed by atoms with Crippen LogP contribution in [0.2, 0.25) is 0 Å². The molecule has 0 saturated carbocycles. The van der Waals surface area contributed by atoms with E-state index in [4.69, 9.17) is 0 Å². The third-order valence-corrected chi connectivity index (χ3v) is 2.08. The molecule has 54 valence electrons. The minimum Gasteiger partial charge on any atom is -0.259 e. The molecule has 1 aromatic rings. The molecule has 0 N–H and O–H groups in total. The summed E-state index contributed by atoms with van der Waals surface area (Å²) >= 11 is 6.47. The lowest BCUT2D eigenvalue weighted by molar-refractivity contribution is 1.02. The van der Waals surface area contributed by atoms with E-state index in [0.717, 1.165) is 10.6 Å². The van der Waals surface area contributed by atoms with Gasteiger partial charge in [-0.1, -0.05) is 22.6 Å². The molecule has 0 aliphatic carbocycles. The molecule has 1 nitrogen and oxygen atoms in total. The number of hydrogen-bond acceptors (Lipinski definition) is 2. The molecule has 0 saturated heterocycles. The zero-order valence-corrected chi connectivity index (χ0v) is 8.63. The van der Waals surface area contributed by atoms with Crippen molar-refractivity contribution in [3.05, 3.63) is 24.0 Å². The zero-order chi connectivity index (χ0) is 7.56. The van der Waals surface area contributed by atoms with Crippen LogP contribution in [0.5, 0.6) is 0 Å². The Balaban J connectivity index is 2.89. The van der Waals surface area contributed by atoms with E-state index in [1.807, 2.05) is 12.1 Å². The maximum Gasteiger partial charge on any atom is 0.0530 e. The summed E-state index contributed by atoms with van der Waals surface area (Å²) in [5, 5.41) is 0. The molecule has 10 heavy (non-hydrogen) atoms. The van der Waals surface area contributed by atoms with Gasteiger partial charge in [0.25, 0.3) is 0 Å². The largest absolute Gasteiger partial charge is 0.259 e. The molecule has 0 bridgehead atoms. The van der Waals surface area contributed by atoms with Crippen molar-refractivity contribution in [3.63, 3.8) is 0 Å². The van der Waals surface area contributed by atoms with Crippen molar-refractivity contribution < 1.29 is 0 Å². The van der Waals surface area contributed by atoms with Crippen LogP contribution < -0.4 is 0 Å². The fraction of sp³-hybridized carbons (Fsp3) is 0.286. The van der Waals surface area contributed by atoms with Crippen molar-refractivity contribution in [2.24, 2.45) is 0 Å². The number of halogens is 1. The third-order valence-electron chi connectivity index (χ3n) is 1.18. The molecular weight excluding hydrogens is 257 g/mol. The molecule has 1 rings (SSSR count). The van der Waals surface area contributed by atoms with Crippen LogP contribution >= 0.6 is 35.2 Å². The molecule has 0 aliphatic heterocycles.